The quantitative estimate of drug-likeness (QED) is 0.905. The fourth-order valence-electron chi connectivity index (χ4n) is 1.95. The minimum atomic E-state index is -0.567. The number of hydrogen-bond donors (Lipinski definition) is 1. The number of benzene rings is 1. The lowest BCUT2D eigenvalue weighted by molar-refractivity contribution is 0.588. The predicted octanol–water partition coefficient (Wildman–Crippen LogP) is 3.59. The topological polar surface area (TPSA) is 24.9 Å². The van der Waals surface area contributed by atoms with Crippen LogP contribution in [-0.2, 0) is 6.54 Å². The molecule has 1 aliphatic carbocycles. The van der Waals surface area contributed by atoms with Crippen molar-refractivity contribution in [1.29, 1.82) is 0 Å². The van der Waals surface area contributed by atoms with E-state index in [0.29, 0.717) is 12.2 Å². The molecule has 5 heteroatoms. The van der Waals surface area contributed by atoms with Crippen LogP contribution in [0.15, 0.2) is 23.6 Å². The maximum atomic E-state index is 13.6. The zero-order valence-corrected chi connectivity index (χ0v) is 11.1. The second kappa shape index (κ2) is 5.35. The van der Waals surface area contributed by atoms with Crippen molar-refractivity contribution in [3.8, 4) is 11.3 Å². The number of hydrogen-bond acceptors (Lipinski definition) is 3. The van der Waals surface area contributed by atoms with E-state index in [1.807, 2.05) is 0 Å². The van der Waals surface area contributed by atoms with Crippen LogP contribution >= 0.6 is 11.3 Å². The number of nitrogens with zero attached hydrogens (tertiary/aromatic N) is 1. The number of thiazole rings is 1. The van der Waals surface area contributed by atoms with Crippen molar-refractivity contribution in [3.05, 3.63) is 40.2 Å². The van der Waals surface area contributed by atoms with Crippen LogP contribution in [0.3, 0.4) is 0 Å². The molecule has 1 heterocycles. The Labute approximate surface area is 114 Å². The van der Waals surface area contributed by atoms with Crippen molar-refractivity contribution in [2.45, 2.75) is 19.4 Å². The van der Waals surface area contributed by atoms with Crippen molar-refractivity contribution >= 4 is 11.3 Å². The molecule has 0 radical (unpaired) electrons. The van der Waals surface area contributed by atoms with Gasteiger partial charge in [0.2, 0.25) is 0 Å². The molecule has 0 atom stereocenters. The smallest absolute Gasteiger partial charge is 0.135 e. The Morgan fingerprint density at radius 1 is 1.26 bits per heavy atom. The van der Waals surface area contributed by atoms with Crippen molar-refractivity contribution in [2.75, 3.05) is 6.54 Å². The first kappa shape index (κ1) is 12.7. The number of rotatable bonds is 5. The molecule has 1 N–H and O–H groups in total. The molecule has 0 aliphatic heterocycles. The van der Waals surface area contributed by atoms with Crippen molar-refractivity contribution in [1.82, 2.24) is 10.3 Å². The fraction of sp³-hybridized carbons (Fsp3) is 0.357. The Morgan fingerprint density at radius 3 is 2.68 bits per heavy atom. The summed E-state index contributed by atoms with van der Waals surface area (Å²) >= 11 is 1.43. The molecule has 100 valence electrons. The van der Waals surface area contributed by atoms with Gasteiger partial charge in [0.15, 0.2) is 0 Å². The predicted molar refractivity (Wildman–Crippen MR) is 71.9 cm³/mol. The normalized spacial score (nSPS) is 14.8. The van der Waals surface area contributed by atoms with Gasteiger partial charge in [-0.1, -0.05) is 6.07 Å². The summed E-state index contributed by atoms with van der Waals surface area (Å²) in [5.74, 6) is -0.325. The molecule has 0 unspecified atom stereocenters. The Kier molecular flexibility index (Phi) is 3.57. The summed E-state index contributed by atoms with van der Waals surface area (Å²) in [6.45, 7) is 1.67. The van der Waals surface area contributed by atoms with Gasteiger partial charge < -0.3 is 5.32 Å². The van der Waals surface area contributed by atoms with Crippen LogP contribution in [0.4, 0.5) is 8.78 Å². The Morgan fingerprint density at radius 2 is 2.00 bits per heavy atom. The van der Waals surface area contributed by atoms with Crippen LogP contribution in [-0.4, -0.2) is 11.5 Å². The van der Waals surface area contributed by atoms with Gasteiger partial charge in [0, 0.05) is 11.9 Å². The molecule has 0 saturated heterocycles. The Hall–Kier alpha value is -1.33. The zero-order chi connectivity index (χ0) is 13.2. The van der Waals surface area contributed by atoms with Crippen molar-refractivity contribution < 1.29 is 8.78 Å². The van der Waals surface area contributed by atoms with E-state index >= 15 is 0 Å². The summed E-state index contributed by atoms with van der Waals surface area (Å²) in [6.07, 6.45) is 2.60. The van der Waals surface area contributed by atoms with E-state index in [4.69, 9.17) is 0 Å². The largest absolute Gasteiger partial charge is 0.310 e. The van der Waals surface area contributed by atoms with Crippen molar-refractivity contribution in [3.63, 3.8) is 0 Å². The molecular formula is C14H14F2N2S. The lowest BCUT2D eigenvalue weighted by Gasteiger charge is -2.01. The van der Waals surface area contributed by atoms with Gasteiger partial charge in [0.25, 0.3) is 0 Å². The number of aromatic nitrogens is 1. The molecule has 0 spiro atoms. The number of nitrogens with one attached hydrogen (secondary N) is 1. The second-order valence-corrected chi connectivity index (χ2v) is 5.74. The average molecular weight is 280 g/mol. The Bertz CT molecular complexity index is 558. The van der Waals surface area contributed by atoms with Gasteiger partial charge >= 0.3 is 0 Å². The average Bonchev–Trinajstić information content (AvgIpc) is 3.08. The van der Waals surface area contributed by atoms with Gasteiger partial charge in [-0.25, -0.2) is 13.8 Å². The maximum absolute atomic E-state index is 13.6. The third-order valence-electron chi connectivity index (χ3n) is 3.18. The third kappa shape index (κ3) is 2.98. The number of halogens is 2. The highest BCUT2D eigenvalue weighted by atomic mass is 32.1. The minimum Gasteiger partial charge on any atom is -0.310 e. The van der Waals surface area contributed by atoms with E-state index in [1.54, 1.807) is 5.38 Å². The first-order valence-electron chi connectivity index (χ1n) is 6.33. The Balaban J connectivity index is 1.72. The highest BCUT2D eigenvalue weighted by molar-refractivity contribution is 7.09. The molecule has 3 rings (SSSR count). The molecular weight excluding hydrogens is 266 g/mol. The standard InChI is InChI=1S/C14H14F2N2S/c15-10-2-1-3-11(16)14(10)12-8-19-13(18-12)7-17-6-9-4-5-9/h1-3,8-9,17H,4-7H2. The molecule has 2 nitrogen and oxygen atoms in total. The van der Waals surface area contributed by atoms with E-state index < -0.39 is 11.6 Å². The van der Waals surface area contributed by atoms with Crippen LogP contribution in [0.25, 0.3) is 11.3 Å². The van der Waals surface area contributed by atoms with Gasteiger partial charge in [-0.3, -0.25) is 0 Å². The summed E-state index contributed by atoms with van der Waals surface area (Å²) in [5, 5.41) is 5.88. The maximum Gasteiger partial charge on any atom is 0.135 e. The summed E-state index contributed by atoms with van der Waals surface area (Å²) in [5.41, 5.74) is 0.344. The summed E-state index contributed by atoms with van der Waals surface area (Å²) in [7, 11) is 0. The second-order valence-electron chi connectivity index (χ2n) is 4.80. The molecule has 1 aromatic carbocycles. The van der Waals surface area contributed by atoms with Crippen LogP contribution in [0, 0.1) is 17.6 Å². The lowest BCUT2D eigenvalue weighted by Crippen LogP contribution is -2.15. The molecule has 1 saturated carbocycles. The highest BCUT2D eigenvalue weighted by Crippen LogP contribution is 2.29. The first-order valence-corrected chi connectivity index (χ1v) is 7.21. The third-order valence-corrected chi connectivity index (χ3v) is 4.03. The molecule has 1 aliphatic rings. The van der Waals surface area contributed by atoms with Gasteiger partial charge in [-0.15, -0.1) is 11.3 Å². The molecule has 0 amide bonds. The summed E-state index contributed by atoms with van der Waals surface area (Å²) in [6, 6.07) is 3.87. The van der Waals surface area contributed by atoms with Crippen LogP contribution < -0.4 is 5.32 Å². The lowest BCUT2D eigenvalue weighted by atomic mass is 10.1. The van der Waals surface area contributed by atoms with Crippen LogP contribution in [0.5, 0.6) is 0 Å². The minimum absolute atomic E-state index is 0.0350. The summed E-state index contributed by atoms with van der Waals surface area (Å²) in [4.78, 5) is 4.30. The SMILES string of the molecule is Fc1cccc(F)c1-c1csc(CNCC2CC2)n1. The van der Waals surface area contributed by atoms with E-state index in [2.05, 4.69) is 10.3 Å². The monoisotopic (exact) mass is 280 g/mol. The molecule has 1 fully saturated rings. The van der Waals surface area contributed by atoms with Gasteiger partial charge in [-0.2, -0.15) is 0 Å². The van der Waals surface area contributed by atoms with Crippen LogP contribution in [0.2, 0.25) is 0 Å². The van der Waals surface area contributed by atoms with Crippen molar-refractivity contribution in [2.24, 2.45) is 5.92 Å². The van der Waals surface area contributed by atoms with E-state index in [-0.39, 0.29) is 5.56 Å². The molecule has 2 aromatic rings. The molecule has 0 bridgehead atoms. The van der Waals surface area contributed by atoms with Gasteiger partial charge in [0.05, 0.1) is 11.3 Å². The van der Waals surface area contributed by atoms with E-state index in [1.165, 1.54) is 42.4 Å². The molecule has 19 heavy (non-hydrogen) atoms. The summed E-state index contributed by atoms with van der Waals surface area (Å²) < 4.78 is 27.2. The van der Waals surface area contributed by atoms with E-state index in [9.17, 15) is 8.78 Å². The van der Waals surface area contributed by atoms with Gasteiger partial charge in [-0.05, 0) is 37.4 Å². The molecule has 1 aromatic heterocycles. The van der Waals surface area contributed by atoms with Gasteiger partial charge in [0.1, 0.15) is 16.6 Å². The van der Waals surface area contributed by atoms with E-state index in [0.717, 1.165) is 17.5 Å². The zero-order valence-electron chi connectivity index (χ0n) is 10.3. The first-order chi connectivity index (χ1) is 9.24. The van der Waals surface area contributed by atoms with Crippen LogP contribution in [0.1, 0.15) is 17.8 Å². The highest BCUT2D eigenvalue weighted by Gasteiger charge is 2.20. The fourth-order valence-corrected chi connectivity index (χ4v) is 2.71.